The van der Waals surface area contributed by atoms with Crippen LogP contribution in [0.1, 0.15) is 5.56 Å². The van der Waals surface area contributed by atoms with Crippen LogP contribution >= 0.6 is 0 Å². The maximum Gasteiger partial charge on any atom is 0.416 e. The number of hydrogen-bond acceptors (Lipinski definition) is 1. The first kappa shape index (κ1) is 13.5. The molecule has 2 nitrogen and oxygen atoms in total. The number of halogens is 5. The zero-order valence-corrected chi connectivity index (χ0v) is 10.3. The number of aromatic nitrogens is 2. The van der Waals surface area contributed by atoms with Crippen molar-refractivity contribution in [3.8, 4) is 11.3 Å². The molecule has 7 heteroatoms. The normalized spacial score (nSPS) is 12.0. The summed E-state index contributed by atoms with van der Waals surface area (Å²) in [5, 5.41) is 6.74. The van der Waals surface area contributed by atoms with Crippen molar-refractivity contribution in [3.63, 3.8) is 0 Å². The van der Waals surface area contributed by atoms with E-state index in [1.165, 1.54) is 12.1 Å². The van der Waals surface area contributed by atoms with Gasteiger partial charge in [-0.2, -0.15) is 18.3 Å². The van der Waals surface area contributed by atoms with Gasteiger partial charge in [0, 0.05) is 10.9 Å². The Bertz CT molecular complexity index is 820. The minimum Gasteiger partial charge on any atom is -0.277 e. The van der Waals surface area contributed by atoms with Crippen molar-refractivity contribution in [1.82, 2.24) is 10.2 Å². The van der Waals surface area contributed by atoms with Crippen molar-refractivity contribution in [2.75, 3.05) is 0 Å². The van der Waals surface area contributed by atoms with Crippen molar-refractivity contribution in [1.29, 1.82) is 0 Å². The Morgan fingerprint density at radius 3 is 2.33 bits per heavy atom. The van der Waals surface area contributed by atoms with Crippen LogP contribution in [-0.4, -0.2) is 10.2 Å². The van der Waals surface area contributed by atoms with Gasteiger partial charge in [0.05, 0.1) is 11.1 Å². The highest BCUT2D eigenvalue weighted by Gasteiger charge is 2.30. The van der Waals surface area contributed by atoms with Crippen molar-refractivity contribution < 1.29 is 22.0 Å². The molecule has 0 amide bonds. The molecule has 0 aliphatic carbocycles. The number of H-pyrrole nitrogens is 1. The van der Waals surface area contributed by atoms with Gasteiger partial charge in [0.1, 0.15) is 5.69 Å². The molecule has 0 saturated heterocycles. The third-order valence-electron chi connectivity index (χ3n) is 3.08. The predicted octanol–water partition coefficient (Wildman–Crippen LogP) is 4.53. The number of benzene rings is 2. The summed E-state index contributed by atoms with van der Waals surface area (Å²) in [6.45, 7) is 0. The van der Waals surface area contributed by atoms with Crippen LogP contribution in [0, 0.1) is 11.6 Å². The molecule has 0 fully saturated rings. The highest BCUT2D eigenvalue weighted by atomic mass is 19.4. The maximum atomic E-state index is 13.2. The molecule has 1 aromatic heterocycles. The second-order valence-electron chi connectivity index (χ2n) is 4.46. The van der Waals surface area contributed by atoms with Crippen LogP contribution in [0.25, 0.3) is 22.2 Å². The number of hydrogen-bond donors (Lipinski definition) is 1. The zero-order valence-electron chi connectivity index (χ0n) is 10.3. The lowest BCUT2D eigenvalue weighted by atomic mass is 10.1. The van der Waals surface area contributed by atoms with Crippen molar-refractivity contribution in [2.24, 2.45) is 0 Å². The first-order valence-electron chi connectivity index (χ1n) is 5.87. The Morgan fingerprint density at radius 2 is 1.67 bits per heavy atom. The summed E-state index contributed by atoms with van der Waals surface area (Å²) < 4.78 is 64.0. The van der Waals surface area contributed by atoms with E-state index in [0.717, 1.165) is 24.3 Å². The van der Waals surface area contributed by atoms with E-state index in [1.54, 1.807) is 0 Å². The van der Waals surface area contributed by atoms with E-state index >= 15 is 0 Å². The molecule has 1 N–H and O–H groups in total. The summed E-state index contributed by atoms with van der Waals surface area (Å²) in [5.41, 5.74) is -0.0995. The van der Waals surface area contributed by atoms with Crippen LogP contribution in [0.5, 0.6) is 0 Å². The summed E-state index contributed by atoms with van der Waals surface area (Å²) in [5.74, 6) is -2.05. The summed E-state index contributed by atoms with van der Waals surface area (Å²) in [6, 6.07) is 6.29. The monoisotopic (exact) mass is 298 g/mol. The van der Waals surface area contributed by atoms with Gasteiger partial charge in [-0.25, -0.2) is 8.78 Å². The minimum absolute atomic E-state index is 0.171. The molecule has 0 bridgehead atoms. The topological polar surface area (TPSA) is 28.7 Å². The Labute approximate surface area is 115 Å². The van der Waals surface area contributed by atoms with Crippen molar-refractivity contribution >= 4 is 10.9 Å². The van der Waals surface area contributed by atoms with E-state index in [9.17, 15) is 22.0 Å². The van der Waals surface area contributed by atoms with Gasteiger partial charge >= 0.3 is 6.18 Å². The standard InChI is InChI=1S/C14H7F5N2/c15-10-4-1-7(5-11(10)16)13-9-3-2-8(14(17,18)19)6-12(9)20-21-13/h1-6H,(H,20,21). The van der Waals surface area contributed by atoms with E-state index < -0.39 is 23.4 Å². The number of nitrogens with one attached hydrogen (secondary N) is 1. The molecule has 0 spiro atoms. The van der Waals surface area contributed by atoms with Gasteiger partial charge in [-0.3, -0.25) is 5.10 Å². The fourth-order valence-electron chi connectivity index (χ4n) is 2.06. The molecule has 3 rings (SSSR count). The van der Waals surface area contributed by atoms with Gasteiger partial charge in [-0.1, -0.05) is 0 Å². The van der Waals surface area contributed by atoms with E-state index in [4.69, 9.17) is 0 Å². The highest BCUT2D eigenvalue weighted by Crippen LogP contribution is 2.33. The second kappa shape index (κ2) is 4.54. The minimum atomic E-state index is -4.46. The van der Waals surface area contributed by atoms with Crippen molar-refractivity contribution in [2.45, 2.75) is 6.18 Å². The lowest BCUT2D eigenvalue weighted by Gasteiger charge is -2.06. The first-order chi connectivity index (χ1) is 9.86. The van der Waals surface area contributed by atoms with Crippen LogP contribution in [0.2, 0.25) is 0 Å². The third-order valence-corrected chi connectivity index (χ3v) is 3.08. The largest absolute Gasteiger partial charge is 0.416 e. The molecule has 0 aliphatic heterocycles. The lowest BCUT2D eigenvalue weighted by Crippen LogP contribution is -2.04. The average Bonchev–Trinajstić information content (AvgIpc) is 2.84. The van der Waals surface area contributed by atoms with Gasteiger partial charge in [0.15, 0.2) is 11.6 Å². The first-order valence-corrected chi connectivity index (χ1v) is 5.87. The van der Waals surface area contributed by atoms with E-state index in [0.29, 0.717) is 5.39 Å². The molecule has 3 aromatic rings. The van der Waals surface area contributed by atoms with Crippen LogP contribution in [0.4, 0.5) is 22.0 Å². The molecule has 0 aliphatic rings. The summed E-state index contributed by atoms with van der Waals surface area (Å²) >= 11 is 0. The summed E-state index contributed by atoms with van der Waals surface area (Å²) in [6.07, 6.45) is -4.46. The molecule has 0 radical (unpaired) electrons. The quantitative estimate of drug-likeness (QED) is 0.657. The summed E-state index contributed by atoms with van der Waals surface area (Å²) in [7, 11) is 0. The Morgan fingerprint density at radius 1 is 0.905 bits per heavy atom. The number of nitrogens with zero attached hydrogens (tertiary/aromatic N) is 1. The SMILES string of the molecule is Fc1ccc(-c2n[nH]c3cc(C(F)(F)F)ccc23)cc1F. The number of alkyl halides is 3. The van der Waals surface area contributed by atoms with Gasteiger partial charge in [-0.15, -0.1) is 0 Å². The molecular weight excluding hydrogens is 291 g/mol. The van der Waals surface area contributed by atoms with Gasteiger partial charge in [0.25, 0.3) is 0 Å². The average molecular weight is 298 g/mol. The third kappa shape index (κ3) is 2.35. The smallest absolute Gasteiger partial charge is 0.277 e. The Balaban J connectivity index is 2.14. The second-order valence-corrected chi connectivity index (χ2v) is 4.46. The highest BCUT2D eigenvalue weighted by molar-refractivity contribution is 5.93. The van der Waals surface area contributed by atoms with Crippen LogP contribution in [0.3, 0.4) is 0 Å². The van der Waals surface area contributed by atoms with Crippen LogP contribution in [-0.2, 0) is 6.18 Å². The number of rotatable bonds is 1. The Kier molecular flexibility index (Phi) is 2.93. The molecule has 0 atom stereocenters. The van der Waals surface area contributed by atoms with Crippen LogP contribution < -0.4 is 0 Å². The molecule has 108 valence electrons. The van der Waals surface area contributed by atoms with E-state index in [1.807, 2.05) is 0 Å². The zero-order chi connectivity index (χ0) is 15.2. The fraction of sp³-hybridized carbons (Fsp3) is 0.0714. The van der Waals surface area contributed by atoms with Gasteiger partial charge in [-0.05, 0) is 36.4 Å². The van der Waals surface area contributed by atoms with E-state index in [2.05, 4.69) is 10.2 Å². The van der Waals surface area contributed by atoms with E-state index in [-0.39, 0.29) is 16.8 Å². The van der Waals surface area contributed by atoms with Gasteiger partial charge < -0.3 is 0 Å². The molecule has 21 heavy (non-hydrogen) atoms. The number of aromatic amines is 1. The predicted molar refractivity (Wildman–Crippen MR) is 66.4 cm³/mol. The molecule has 0 saturated carbocycles. The summed E-state index contributed by atoms with van der Waals surface area (Å²) in [4.78, 5) is 0. The fourth-order valence-corrected chi connectivity index (χ4v) is 2.06. The molecule has 2 aromatic carbocycles. The molecule has 0 unspecified atom stereocenters. The number of fused-ring (bicyclic) bond motifs is 1. The van der Waals surface area contributed by atoms with Crippen molar-refractivity contribution in [3.05, 3.63) is 53.6 Å². The Hall–Kier alpha value is -2.44. The lowest BCUT2D eigenvalue weighted by molar-refractivity contribution is -0.137. The van der Waals surface area contributed by atoms with Crippen LogP contribution in [0.15, 0.2) is 36.4 Å². The maximum absolute atomic E-state index is 13.2. The molecular formula is C14H7F5N2. The van der Waals surface area contributed by atoms with Gasteiger partial charge in [0.2, 0.25) is 0 Å². The molecule has 1 heterocycles.